The Morgan fingerprint density at radius 1 is 1.23 bits per heavy atom. The van der Waals surface area contributed by atoms with Crippen LogP contribution in [-0.4, -0.2) is 39.0 Å². The van der Waals surface area contributed by atoms with Gasteiger partial charge in [0.05, 0.1) is 12.8 Å². The van der Waals surface area contributed by atoms with E-state index in [0.717, 1.165) is 35.7 Å². The summed E-state index contributed by atoms with van der Waals surface area (Å²) in [4.78, 5) is 22.6. The molecule has 1 aromatic carbocycles. The lowest BCUT2D eigenvalue weighted by molar-refractivity contribution is 0.0785. The molecule has 1 aliphatic heterocycles. The molecule has 0 bridgehead atoms. The van der Waals surface area contributed by atoms with Gasteiger partial charge < -0.3 is 14.7 Å². The van der Waals surface area contributed by atoms with Crippen LogP contribution in [0.3, 0.4) is 0 Å². The zero-order valence-corrected chi connectivity index (χ0v) is 17.3. The zero-order chi connectivity index (χ0) is 21.8. The van der Waals surface area contributed by atoms with Crippen LogP contribution >= 0.6 is 0 Å². The zero-order valence-electron chi connectivity index (χ0n) is 17.3. The van der Waals surface area contributed by atoms with E-state index in [0.29, 0.717) is 24.7 Å². The summed E-state index contributed by atoms with van der Waals surface area (Å²) in [6, 6.07) is 12.1. The molecule has 7 heteroatoms. The largest absolute Gasteiger partial charge is 0.439 e. The maximum absolute atomic E-state index is 13.1. The van der Waals surface area contributed by atoms with E-state index in [1.807, 2.05) is 37.3 Å². The smallest absolute Gasteiger partial charge is 0.272 e. The van der Waals surface area contributed by atoms with E-state index in [2.05, 4.69) is 9.97 Å². The van der Waals surface area contributed by atoms with Gasteiger partial charge in [0.2, 0.25) is 5.88 Å². The van der Waals surface area contributed by atoms with Gasteiger partial charge in [-0.05, 0) is 54.3 Å². The SMILES string of the molecule is CCc1cccnc1Oc1ccc([C@@H]2CCN(C(=O)c3ccc(F)cn3)C2)c(CO)c1. The third-order valence-electron chi connectivity index (χ3n) is 5.59. The van der Waals surface area contributed by atoms with Gasteiger partial charge >= 0.3 is 0 Å². The number of benzene rings is 1. The molecule has 1 N–H and O–H groups in total. The standard InChI is InChI=1S/C24H24FN3O3/c1-2-16-4-3-10-26-23(16)31-20-6-7-21(18(12-20)15-29)17-9-11-28(14-17)24(30)22-8-5-19(25)13-27-22/h3-8,10,12-13,17,29H,2,9,11,14-15H2,1H3/t17-/m1/s1. The predicted octanol–water partition coefficient (Wildman–Crippen LogP) is 4.09. The molecule has 0 spiro atoms. The summed E-state index contributed by atoms with van der Waals surface area (Å²) in [5.74, 6) is 0.591. The summed E-state index contributed by atoms with van der Waals surface area (Å²) in [7, 11) is 0. The summed E-state index contributed by atoms with van der Waals surface area (Å²) >= 11 is 0. The van der Waals surface area contributed by atoms with Gasteiger partial charge in [-0.3, -0.25) is 4.79 Å². The van der Waals surface area contributed by atoms with Crippen LogP contribution in [0.25, 0.3) is 0 Å². The molecule has 160 valence electrons. The number of aliphatic hydroxyl groups is 1. The van der Waals surface area contributed by atoms with Crippen molar-refractivity contribution in [3.8, 4) is 11.6 Å². The van der Waals surface area contributed by atoms with Crippen molar-refractivity contribution in [3.63, 3.8) is 0 Å². The first-order chi connectivity index (χ1) is 15.1. The molecule has 1 aliphatic rings. The fourth-order valence-electron chi connectivity index (χ4n) is 3.94. The Kier molecular flexibility index (Phi) is 6.23. The topological polar surface area (TPSA) is 75.5 Å². The molecule has 0 aliphatic carbocycles. The summed E-state index contributed by atoms with van der Waals surface area (Å²) < 4.78 is 19.0. The van der Waals surface area contributed by atoms with Crippen LogP contribution in [0.15, 0.2) is 54.9 Å². The number of hydrogen-bond acceptors (Lipinski definition) is 5. The van der Waals surface area contributed by atoms with E-state index < -0.39 is 5.82 Å². The van der Waals surface area contributed by atoms with E-state index >= 15 is 0 Å². The molecule has 1 amide bonds. The van der Waals surface area contributed by atoms with Crippen LogP contribution in [0, 0.1) is 5.82 Å². The van der Waals surface area contributed by atoms with Crippen molar-refractivity contribution in [2.24, 2.45) is 0 Å². The summed E-state index contributed by atoms with van der Waals surface area (Å²) in [5.41, 5.74) is 3.01. The maximum atomic E-state index is 13.1. The van der Waals surface area contributed by atoms with Crippen LogP contribution in [0.1, 0.15) is 46.4 Å². The number of rotatable bonds is 6. The van der Waals surface area contributed by atoms with Crippen molar-refractivity contribution in [2.75, 3.05) is 13.1 Å². The molecule has 1 saturated heterocycles. The normalized spacial score (nSPS) is 15.8. The number of ether oxygens (including phenoxy) is 1. The van der Waals surface area contributed by atoms with E-state index in [-0.39, 0.29) is 24.1 Å². The molecule has 1 fully saturated rings. The minimum Gasteiger partial charge on any atom is -0.439 e. The summed E-state index contributed by atoms with van der Waals surface area (Å²) in [6.07, 6.45) is 4.33. The number of halogens is 1. The Morgan fingerprint density at radius 3 is 2.84 bits per heavy atom. The van der Waals surface area contributed by atoms with Crippen LogP contribution in [-0.2, 0) is 13.0 Å². The summed E-state index contributed by atoms with van der Waals surface area (Å²) in [5, 5.41) is 9.95. The summed E-state index contributed by atoms with van der Waals surface area (Å²) in [6.45, 7) is 3.02. The molecule has 0 saturated carbocycles. The van der Waals surface area contributed by atoms with Gasteiger partial charge in [-0.2, -0.15) is 0 Å². The monoisotopic (exact) mass is 421 g/mol. The lowest BCUT2D eigenvalue weighted by Crippen LogP contribution is -2.29. The van der Waals surface area contributed by atoms with Gasteiger partial charge in [0.15, 0.2) is 0 Å². The van der Waals surface area contributed by atoms with Gasteiger partial charge in [0.1, 0.15) is 17.3 Å². The van der Waals surface area contributed by atoms with E-state index in [1.54, 1.807) is 11.1 Å². The van der Waals surface area contributed by atoms with Gasteiger partial charge in [-0.1, -0.05) is 19.1 Å². The van der Waals surface area contributed by atoms with Gasteiger partial charge in [-0.15, -0.1) is 0 Å². The quantitative estimate of drug-likeness (QED) is 0.649. The van der Waals surface area contributed by atoms with Crippen molar-refractivity contribution in [1.29, 1.82) is 0 Å². The van der Waals surface area contributed by atoms with Crippen LogP contribution in [0.5, 0.6) is 11.6 Å². The molecule has 3 aromatic rings. The molecular weight excluding hydrogens is 397 g/mol. The Labute approximate surface area is 180 Å². The number of aliphatic hydroxyl groups excluding tert-OH is 1. The van der Waals surface area contributed by atoms with Crippen LogP contribution in [0.4, 0.5) is 4.39 Å². The molecule has 0 unspecified atom stereocenters. The van der Waals surface area contributed by atoms with Crippen LogP contribution in [0.2, 0.25) is 0 Å². The highest BCUT2D eigenvalue weighted by atomic mass is 19.1. The van der Waals surface area contributed by atoms with Gasteiger partial charge in [0, 0.05) is 30.8 Å². The Bertz CT molecular complexity index is 1070. The first-order valence-electron chi connectivity index (χ1n) is 10.3. The van der Waals surface area contributed by atoms with E-state index in [1.165, 1.54) is 12.1 Å². The predicted molar refractivity (Wildman–Crippen MR) is 114 cm³/mol. The van der Waals surface area contributed by atoms with Crippen molar-refractivity contribution >= 4 is 5.91 Å². The maximum Gasteiger partial charge on any atom is 0.272 e. The van der Waals surface area contributed by atoms with Gasteiger partial charge in [-0.25, -0.2) is 14.4 Å². The molecule has 2 aromatic heterocycles. The number of aromatic nitrogens is 2. The lowest BCUT2D eigenvalue weighted by Gasteiger charge is -2.18. The number of aryl methyl sites for hydroxylation is 1. The first kappa shape index (κ1) is 20.9. The minimum absolute atomic E-state index is 0.0988. The number of nitrogens with zero attached hydrogens (tertiary/aromatic N) is 3. The van der Waals surface area contributed by atoms with Crippen molar-refractivity contribution < 1.29 is 19.0 Å². The van der Waals surface area contributed by atoms with Crippen molar-refractivity contribution in [1.82, 2.24) is 14.9 Å². The van der Waals surface area contributed by atoms with Crippen molar-refractivity contribution in [3.05, 3.63) is 83.1 Å². The Hall–Kier alpha value is -3.32. The molecule has 3 heterocycles. The van der Waals surface area contributed by atoms with Crippen molar-refractivity contribution in [2.45, 2.75) is 32.3 Å². The fourth-order valence-corrected chi connectivity index (χ4v) is 3.94. The van der Waals surface area contributed by atoms with E-state index in [9.17, 15) is 14.3 Å². The first-order valence-corrected chi connectivity index (χ1v) is 10.3. The number of carbonyl (C=O) groups excluding carboxylic acids is 1. The second kappa shape index (κ2) is 9.22. The number of amides is 1. The Morgan fingerprint density at radius 2 is 2.10 bits per heavy atom. The lowest BCUT2D eigenvalue weighted by atomic mass is 9.93. The molecule has 0 radical (unpaired) electrons. The highest BCUT2D eigenvalue weighted by Crippen LogP contribution is 2.33. The second-order valence-electron chi connectivity index (χ2n) is 7.54. The molecule has 31 heavy (non-hydrogen) atoms. The highest BCUT2D eigenvalue weighted by molar-refractivity contribution is 5.92. The fraction of sp³-hybridized carbons (Fsp3) is 0.292. The number of likely N-dealkylation sites (tertiary alicyclic amines) is 1. The average Bonchev–Trinajstić information content (AvgIpc) is 3.29. The number of carbonyl (C=O) groups is 1. The Balaban J connectivity index is 1.49. The number of hydrogen-bond donors (Lipinski definition) is 1. The minimum atomic E-state index is -0.470. The third-order valence-corrected chi connectivity index (χ3v) is 5.59. The van der Waals surface area contributed by atoms with Gasteiger partial charge in [0.25, 0.3) is 5.91 Å². The molecule has 4 rings (SSSR count). The molecular formula is C24H24FN3O3. The highest BCUT2D eigenvalue weighted by Gasteiger charge is 2.30. The molecule has 6 nitrogen and oxygen atoms in total. The van der Waals surface area contributed by atoms with Crippen LogP contribution < -0.4 is 4.74 Å². The average molecular weight is 421 g/mol. The van der Waals surface area contributed by atoms with E-state index in [4.69, 9.17) is 4.74 Å². The third kappa shape index (κ3) is 4.56. The number of pyridine rings is 2. The molecule has 1 atom stereocenters. The second-order valence-corrected chi connectivity index (χ2v) is 7.54.